The van der Waals surface area contributed by atoms with Crippen LogP contribution in [0.2, 0.25) is 0 Å². The Bertz CT molecular complexity index is 1070. The summed E-state index contributed by atoms with van der Waals surface area (Å²) in [6, 6.07) is 10.7. The average molecular weight is 393 g/mol. The fraction of sp³-hybridized carbons (Fsp3) is 0.273. The minimum absolute atomic E-state index is 0.120. The third-order valence-electron chi connectivity index (χ3n) is 5.31. The van der Waals surface area contributed by atoms with E-state index in [1.807, 2.05) is 44.2 Å². The molecule has 1 aromatic heterocycles. The zero-order chi connectivity index (χ0) is 20.7. The number of hydrogen-bond acceptors (Lipinski definition) is 5. The summed E-state index contributed by atoms with van der Waals surface area (Å²) in [6.07, 6.45) is 0. The molecular formula is C22H23N3O4. The normalized spacial score (nSPS) is 15.7. The summed E-state index contributed by atoms with van der Waals surface area (Å²) in [6.45, 7) is 3.85. The smallest absolute Gasteiger partial charge is 0.273 e. The second kappa shape index (κ2) is 7.25. The molecule has 1 atom stereocenters. The number of aliphatic hydroxyl groups is 1. The Morgan fingerprint density at radius 2 is 2.03 bits per heavy atom. The molecule has 1 aliphatic heterocycles. The quantitative estimate of drug-likeness (QED) is 0.619. The third-order valence-corrected chi connectivity index (χ3v) is 5.31. The van der Waals surface area contributed by atoms with Gasteiger partial charge in [-0.1, -0.05) is 18.2 Å². The summed E-state index contributed by atoms with van der Waals surface area (Å²) < 4.78 is 5.36. The van der Waals surface area contributed by atoms with E-state index in [0.29, 0.717) is 28.3 Å². The summed E-state index contributed by atoms with van der Waals surface area (Å²) in [5, 5.41) is 27.4. The van der Waals surface area contributed by atoms with Crippen molar-refractivity contribution in [2.24, 2.45) is 0 Å². The number of aliphatic hydroxyl groups excluding tert-OH is 1. The number of methoxy groups -OCH3 is 1. The molecule has 7 heteroatoms. The summed E-state index contributed by atoms with van der Waals surface area (Å²) in [4.78, 5) is 14.7. The first-order valence-corrected chi connectivity index (χ1v) is 9.40. The second-order valence-corrected chi connectivity index (χ2v) is 7.24. The molecule has 4 rings (SSSR count). The van der Waals surface area contributed by atoms with Gasteiger partial charge in [-0.25, -0.2) is 0 Å². The highest BCUT2D eigenvalue weighted by atomic mass is 16.5. The van der Waals surface area contributed by atoms with Crippen LogP contribution in [-0.2, 0) is 0 Å². The van der Waals surface area contributed by atoms with Crippen molar-refractivity contribution < 1.29 is 19.7 Å². The van der Waals surface area contributed by atoms with Gasteiger partial charge >= 0.3 is 0 Å². The number of H-pyrrole nitrogens is 1. The zero-order valence-corrected chi connectivity index (χ0v) is 16.6. The lowest BCUT2D eigenvalue weighted by Gasteiger charge is -2.26. The highest BCUT2D eigenvalue weighted by Gasteiger charge is 2.42. The molecule has 0 fully saturated rings. The van der Waals surface area contributed by atoms with Crippen LogP contribution in [0.3, 0.4) is 0 Å². The average Bonchev–Trinajstić information content (AvgIpc) is 3.21. The number of benzene rings is 2. The van der Waals surface area contributed by atoms with Gasteiger partial charge in [0.15, 0.2) is 0 Å². The van der Waals surface area contributed by atoms with E-state index < -0.39 is 6.04 Å². The number of nitrogens with one attached hydrogen (secondary N) is 1. The van der Waals surface area contributed by atoms with Gasteiger partial charge in [-0.3, -0.25) is 9.89 Å². The largest absolute Gasteiger partial charge is 0.507 e. The fourth-order valence-corrected chi connectivity index (χ4v) is 4.14. The number of amides is 1. The van der Waals surface area contributed by atoms with E-state index in [-0.39, 0.29) is 24.8 Å². The standard InChI is InChI=1S/C22H23N3O4/c1-12-9-13(2)17(16(27)10-12)19-18-20(24-23-19)22(28)25(7-8-26)21(18)14-5-4-6-15(11-14)29-3/h4-6,9-11,21,26-27H,7-8H2,1-3H3,(H,23,24). The molecule has 2 aromatic carbocycles. The van der Waals surface area contributed by atoms with Crippen molar-refractivity contribution in [3.05, 3.63) is 64.3 Å². The molecule has 0 radical (unpaired) electrons. The number of aryl methyl sites for hydroxylation is 2. The number of phenolic OH excluding ortho intramolecular Hbond substituents is 1. The van der Waals surface area contributed by atoms with Gasteiger partial charge < -0.3 is 19.8 Å². The van der Waals surface area contributed by atoms with Gasteiger partial charge in [0.05, 0.1) is 19.8 Å². The summed E-state index contributed by atoms with van der Waals surface area (Å²) in [5.74, 6) is 0.561. The molecule has 1 amide bonds. The van der Waals surface area contributed by atoms with E-state index in [2.05, 4.69) is 10.2 Å². The van der Waals surface area contributed by atoms with Crippen LogP contribution in [0.25, 0.3) is 11.3 Å². The van der Waals surface area contributed by atoms with Crippen LogP contribution >= 0.6 is 0 Å². The van der Waals surface area contributed by atoms with Crippen LogP contribution in [-0.4, -0.2) is 51.5 Å². The number of hydrogen-bond donors (Lipinski definition) is 3. The van der Waals surface area contributed by atoms with Gasteiger partial charge in [0, 0.05) is 17.7 Å². The maximum Gasteiger partial charge on any atom is 0.273 e. The van der Waals surface area contributed by atoms with Gasteiger partial charge in [0.2, 0.25) is 0 Å². The van der Waals surface area contributed by atoms with E-state index in [9.17, 15) is 15.0 Å². The van der Waals surface area contributed by atoms with Gasteiger partial charge in [-0.05, 0) is 48.7 Å². The first kappa shape index (κ1) is 19.0. The molecule has 3 aromatic rings. The Morgan fingerprint density at radius 3 is 2.72 bits per heavy atom. The highest BCUT2D eigenvalue weighted by Crippen LogP contribution is 2.45. The van der Waals surface area contributed by atoms with Gasteiger partial charge in [-0.2, -0.15) is 5.10 Å². The first-order chi connectivity index (χ1) is 14.0. The second-order valence-electron chi connectivity index (χ2n) is 7.24. The van der Waals surface area contributed by atoms with Crippen molar-refractivity contribution in [1.29, 1.82) is 0 Å². The number of phenols is 1. The monoisotopic (exact) mass is 393 g/mol. The minimum Gasteiger partial charge on any atom is -0.507 e. The van der Waals surface area contributed by atoms with Gasteiger partial charge in [0.1, 0.15) is 22.9 Å². The molecule has 150 valence electrons. The lowest BCUT2D eigenvalue weighted by molar-refractivity contribution is 0.0706. The van der Waals surface area contributed by atoms with E-state index in [1.54, 1.807) is 18.1 Å². The minimum atomic E-state index is -0.450. The first-order valence-electron chi connectivity index (χ1n) is 9.40. The predicted octanol–water partition coefficient (Wildman–Crippen LogP) is 2.95. The van der Waals surface area contributed by atoms with Crippen LogP contribution in [0.4, 0.5) is 0 Å². The molecule has 0 spiro atoms. The summed E-state index contributed by atoms with van der Waals surface area (Å²) in [5.41, 5.74) is 4.86. The van der Waals surface area contributed by atoms with Gasteiger partial charge in [0.25, 0.3) is 5.91 Å². The van der Waals surface area contributed by atoms with Crippen LogP contribution in [0, 0.1) is 13.8 Å². The molecule has 0 aliphatic carbocycles. The van der Waals surface area contributed by atoms with Crippen molar-refractivity contribution in [2.75, 3.05) is 20.3 Å². The molecule has 0 saturated heterocycles. The number of carbonyl (C=O) groups excluding carboxylic acids is 1. The van der Waals surface area contributed by atoms with Crippen LogP contribution < -0.4 is 4.74 Å². The predicted molar refractivity (Wildman–Crippen MR) is 108 cm³/mol. The molecular weight excluding hydrogens is 370 g/mol. The number of aromatic hydroxyl groups is 1. The lowest BCUT2D eigenvalue weighted by Crippen LogP contribution is -2.32. The van der Waals surface area contributed by atoms with Crippen LogP contribution in [0.15, 0.2) is 36.4 Å². The third kappa shape index (κ3) is 3.03. The van der Waals surface area contributed by atoms with Crippen molar-refractivity contribution in [3.63, 3.8) is 0 Å². The molecule has 29 heavy (non-hydrogen) atoms. The number of fused-ring (bicyclic) bond motifs is 1. The SMILES string of the molecule is COc1cccc(C2c3c(-c4c(C)cc(C)cc4O)n[nH]c3C(=O)N2CCO)c1. The molecule has 1 aliphatic rings. The number of ether oxygens (including phenoxy) is 1. The van der Waals surface area contributed by atoms with E-state index in [4.69, 9.17) is 4.74 Å². The topological polar surface area (TPSA) is 98.7 Å². The van der Waals surface area contributed by atoms with E-state index in [1.165, 1.54) is 0 Å². The summed E-state index contributed by atoms with van der Waals surface area (Å²) >= 11 is 0. The number of aromatic nitrogens is 2. The van der Waals surface area contributed by atoms with Gasteiger partial charge in [-0.15, -0.1) is 0 Å². The van der Waals surface area contributed by atoms with Crippen LogP contribution in [0.5, 0.6) is 11.5 Å². The zero-order valence-electron chi connectivity index (χ0n) is 16.6. The number of β-amino-alcohol motifs (C(OH)–C–C–N with tert-alkyl or cyclic N) is 1. The highest BCUT2D eigenvalue weighted by molar-refractivity contribution is 6.00. The van der Waals surface area contributed by atoms with Crippen molar-refractivity contribution in [3.8, 4) is 22.8 Å². The van der Waals surface area contributed by atoms with Crippen molar-refractivity contribution in [2.45, 2.75) is 19.9 Å². The number of rotatable bonds is 5. The Balaban J connectivity index is 1.94. The molecule has 1 unspecified atom stereocenters. The molecule has 3 N–H and O–H groups in total. The number of nitrogens with zero attached hydrogens (tertiary/aromatic N) is 2. The van der Waals surface area contributed by atoms with Crippen molar-refractivity contribution >= 4 is 5.91 Å². The molecule has 2 heterocycles. The van der Waals surface area contributed by atoms with E-state index in [0.717, 1.165) is 16.7 Å². The Labute approximate surface area is 168 Å². The Morgan fingerprint density at radius 1 is 1.24 bits per heavy atom. The number of aromatic amines is 1. The molecule has 0 saturated carbocycles. The Kier molecular flexibility index (Phi) is 4.76. The maximum absolute atomic E-state index is 13.0. The lowest BCUT2D eigenvalue weighted by atomic mass is 9.93. The Hall–Kier alpha value is -3.32. The number of carbonyl (C=O) groups is 1. The van der Waals surface area contributed by atoms with Crippen molar-refractivity contribution in [1.82, 2.24) is 15.1 Å². The molecule has 0 bridgehead atoms. The van der Waals surface area contributed by atoms with E-state index >= 15 is 0 Å². The maximum atomic E-state index is 13.0. The molecule has 7 nitrogen and oxygen atoms in total. The van der Waals surface area contributed by atoms with Crippen LogP contribution in [0.1, 0.15) is 38.8 Å². The summed E-state index contributed by atoms with van der Waals surface area (Å²) in [7, 11) is 1.59. The fourth-order valence-electron chi connectivity index (χ4n) is 4.14.